The van der Waals surface area contributed by atoms with Crippen LogP contribution in [0.4, 0.5) is 0 Å². The lowest BCUT2D eigenvalue weighted by Crippen LogP contribution is -2.38. The summed E-state index contributed by atoms with van der Waals surface area (Å²) in [7, 11) is 0. The highest BCUT2D eigenvalue weighted by Gasteiger charge is 2.35. The van der Waals surface area contributed by atoms with E-state index in [1.807, 2.05) is 51.1 Å². The Hall–Kier alpha value is -2.97. The lowest BCUT2D eigenvalue weighted by atomic mass is 9.86. The number of nitrogens with zero attached hydrogens (tertiary/aromatic N) is 1. The number of fused-ring (bicyclic) bond motifs is 2. The lowest BCUT2D eigenvalue weighted by molar-refractivity contribution is -0.158. The molecule has 2 aromatic carbocycles. The highest BCUT2D eigenvalue weighted by Crippen LogP contribution is 2.34. The molecule has 7 nitrogen and oxygen atoms in total. The fourth-order valence-electron chi connectivity index (χ4n) is 4.58. The van der Waals surface area contributed by atoms with Crippen molar-refractivity contribution in [1.82, 2.24) is 10.3 Å². The Labute approximate surface area is 215 Å². The highest BCUT2D eigenvalue weighted by molar-refractivity contribution is 7.18. The zero-order chi connectivity index (χ0) is 25.7. The maximum atomic E-state index is 13.4. The van der Waals surface area contributed by atoms with Crippen molar-refractivity contribution in [3.8, 4) is 5.75 Å². The molecule has 0 saturated carbocycles. The summed E-state index contributed by atoms with van der Waals surface area (Å²) in [5.74, 6) is -0.205. The minimum Gasteiger partial charge on any atom is -0.493 e. The minimum absolute atomic E-state index is 0.0453. The van der Waals surface area contributed by atoms with Gasteiger partial charge in [0.1, 0.15) is 16.4 Å². The molecule has 1 amide bonds. The molecule has 0 radical (unpaired) electrons. The van der Waals surface area contributed by atoms with E-state index in [2.05, 4.69) is 22.4 Å². The standard InChI is InChI=1S/C28H34N2O5S/c1-28(2,3)35-26(32)16-22(20-13-18-7-4-5-8-19(18)14-20)27(33)29-17-25-30-23-10-9-21(15-24(23)36-25)34-12-6-11-31/h4-5,7-10,15,20,22,31H,6,11-14,16-17H2,1-3H3,(H,29,33). The van der Waals surface area contributed by atoms with Gasteiger partial charge in [-0.2, -0.15) is 0 Å². The van der Waals surface area contributed by atoms with Gasteiger partial charge in [-0.15, -0.1) is 11.3 Å². The molecule has 8 heteroatoms. The Kier molecular flexibility index (Phi) is 8.26. The van der Waals surface area contributed by atoms with Crippen LogP contribution >= 0.6 is 11.3 Å². The molecule has 0 saturated heterocycles. The number of nitrogens with one attached hydrogen (secondary N) is 1. The molecule has 2 N–H and O–H groups in total. The topological polar surface area (TPSA) is 97.8 Å². The van der Waals surface area contributed by atoms with E-state index in [1.165, 1.54) is 22.5 Å². The smallest absolute Gasteiger partial charge is 0.307 e. The van der Waals surface area contributed by atoms with Crippen molar-refractivity contribution in [2.75, 3.05) is 13.2 Å². The molecule has 1 atom stereocenters. The number of carbonyl (C=O) groups excluding carboxylic acids is 2. The largest absolute Gasteiger partial charge is 0.493 e. The summed E-state index contributed by atoms with van der Waals surface area (Å²) in [4.78, 5) is 30.7. The first-order valence-corrected chi connectivity index (χ1v) is 13.2. The van der Waals surface area contributed by atoms with E-state index in [0.717, 1.165) is 33.8 Å². The number of aliphatic hydroxyl groups excluding tert-OH is 1. The summed E-state index contributed by atoms with van der Waals surface area (Å²) in [6, 6.07) is 13.9. The third-order valence-electron chi connectivity index (χ3n) is 6.18. The van der Waals surface area contributed by atoms with Crippen molar-refractivity contribution in [3.05, 3.63) is 58.6 Å². The van der Waals surface area contributed by atoms with Gasteiger partial charge in [-0.25, -0.2) is 4.98 Å². The summed E-state index contributed by atoms with van der Waals surface area (Å²) in [6.07, 6.45) is 2.18. The fourth-order valence-corrected chi connectivity index (χ4v) is 5.52. The van der Waals surface area contributed by atoms with E-state index in [-0.39, 0.29) is 30.8 Å². The first-order valence-electron chi connectivity index (χ1n) is 12.4. The Morgan fingerprint density at radius 3 is 2.56 bits per heavy atom. The molecular formula is C28H34N2O5S. The molecule has 0 bridgehead atoms. The van der Waals surface area contributed by atoms with Crippen LogP contribution in [0.1, 0.15) is 49.7 Å². The third-order valence-corrected chi connectivity index (χ3v) is 7.20. The number of esters is 1. The second-order valence-corrected chi connectivity index (χ2v) is 11.3. The highest BCUT2D eigenvalue weighted by atomic mass is 32.1. The van der Waals surface area contributed by atoms with E-state index in [4.69, 9.17) is 14.6 Å². The van der Waals surface area contributed by atoms with Crippen molar-refractivity contribution in [1.29, 1.82) is 0 Å². The van der Waals surface area contributed by atoms with Crippen LogP contribution < -0.4 is 10.1 Å². The number of thiazole rings is 1. The van der Waals surface area contributed by atoms with E-state index in [1.54, 1.807) is 0 Å². The molecule has 4 rings (SSSR count). The van der Waals surface area contributed by atoms with Gasteiger partial charge < -0.3 is 19.9 Å². The van der Waals surface area contributed by atoms with E-state index in [0.29, 0.717) is 19.6 Å². The van der Waals surface area contributed by atoms with E-state index >= 15 is 0 Å². The predicted octanol–water partition coefficient (Wildman–Crippen LogP) is 4.44. The Morgan fingerprint density at radius 1 is 1.17 bits per heavy atom. The molecule has 0 fully saturated rings. The van der Waals surface area contributed by atoms with Gasteiger partial charge >= 0.3 is 5.97 Å². The maximum Gasteiger partial charge on any atom is 0.307 e. The van der Waals surface area contributed by atoms with Gasteiger partial charge in [-0.3, -0.25) is 9.59 Å². The van der Waals surface area contributed by atoms with Crippen molar-refractivity contribution in [3.63, 3.8) is 0 Å². The normalized spacial score (nSPS) is 14.4. The molecule has 36 heavy (non-hydrogen) atoms. The molecule has 0 aliphatic heterocycles. The summed E-state index contributed by atoms with van der Waals surface area (Å²) in [5.41, 5.74) is 2.73. The molecule has 1 aromatic heterocycles. The molecule has 192 valence electrons. The fraction of sp³-hybridized carbons (Fsp3) is 0.464. The number of aromatic nitrogens is 1. The Bertz CT molecular complexity index is 1190. The molecular weight excluding hydrogens is 476 g/mol. The van der Waals surface area contributed by atoms with Crippen LogP contribution in [0.15, 0.2) is 42.5 Å². The van der Waals surface area contributed by atoms with Crippen molar-refractivity contribution in [2.45, 2.75) is 58.6 Å². The van der Waals surface area contributed by atoms with Gasteiger partial charge in [-0.1, -0.05) is 24.3 Å². The van der Waals surface area contributed by atoms with Gasteiger partial charge in [0.05, 0.1) is 35.7 Å². The van der Waals surface area contributed by atoms with Crippen molar-refractivity contribution >= 4 is 33.4 Å². The lowest BCUT2D eigenvalue weighted by Gasteiger charge is -2.25. The van der Waals surface area contributed by atoms with Crippen LogP contribution in [0.3, 0.4) is 0 Å². The summed E-state index contributed by atoms with van der Waals surface area (Å²) in [6.45, 7) is 6.34. The molecule has 1 aliphatic carbocycles. The monoisotopic (exact) mass is 510 g/mol. The molecule has 1 unspecified atom stereocenters. The van der Waals surface area contributed by atoms with Gasteiger partial charge in [-0.05, 0) is 68.9 Å². The minimum atomic E-state index is -0.599. The van der Waals surface area contributed by atoms with Crippen LogP contribution in [-0.2, 0) is 33.7 Å². The van der Waals surface area contributed by atoms with E-state index < -0.39 is 11.5 Å². The zero-order valence-corrected chi connectivity index (χ0v) is 21.9. The second kappa shape index (κ2) is 11.4. The van der Waals surface area contributed by atoms with Crippen LogP contribution in [0.5, 0.6) is 5.75 Å². The van der Waals surface area contributed by atoms with Gasteiger partial charge in [0, 0.05) is 13.0 Å². The number of aliphatic hydroxyl groups is 1. The summed E-state index contributed by atoms with van der Waals surface area (Å²) in [5, 5.41) is 12.7. The Balaban J connectivity index is 1.43. The summed E-state index contributed by atoms with van der Waals surface area (Å²) >= 11 is 1.50. The van der Waals surface area contributed by atoms with Crippen LogP contribution in [0.2, 0.25) is 0 Å². The average molecular weight is 511 g/mol. The van der Waals surface area contributed by atoms with Crippen LogP contribution in [0, 0.1) is 11.8 Å². The van der Waals surface area contributed by atoms with Crippen LogP contribution in [-0.4, -0.2) is 40.8 Å². The van der Waals surface area contributed by atoms with E-state index in [9.17, 15) is 9.59 Å². The molecule has 0 spiro atoms. The zero-order valence-electron chi connectivity index (χ0n) is 21.1. The number of benzene rings is 2. The Morgan fingerprint density at radius 2 is 1.89 bits per heavy atom. The molecule has 3 aromatic rings. The van der Waals surface area contributed by atoms with Gasteiger partial charge in [0.15, 0.2) is 0 Å². The SMILES string of the molecule is CC(C)(C)OC(=O)CC(C(=O)NCc1nc2ccc(OCCCO)cc2s1)C1Cc2ccccc2C1. The van der Waals surface area contributed by atoms with Crippen LogP contribution in [0.25, 0.3) is 10.2 Å². The average Bonchev–Trinajstić information content (AvgIpc) is 3.43. The quantitative estimate of drug-likeness (QED) is 0.309. The van der Waals surface area contributed by atoms with Gasteiger partial charge in [0.2, 0.25) is 5.91 Å². The second-order valence-electron chi connectivity index (χ2n) is 10.2. The van der Waals surface area contributed by atoms with Crippen molar-refractivity contribution in [2.24, 2.45) is 11.8 Å². The molecule has 1 aliphatic rings. The first kappa shape index (κ1) is 26.1. The number of carbonyl (C=O) groups is 2. The maximum absolute atomic E-state index is 13.4. The number of rotatable bonds is 10. The van der Waals surface area contributed by atoms with Crippen molar-refractivity contribution < 1.29 is 24.2 Å². The number of amides is 1. The third kappa shape index (κ3) is 6.83. The van der Waals surface area contributed by atoms with Gasteiger partial charge in [0.25, 0.3) is 0 Å². The number of hydrogen-bond donors (Lipinski definition) is 2. The number of ether oxygens (including phenoxy) is 2. The predicted molar refractivity (Wildman–Crippen MR) is 140 cm³/mol. The number of hydrogen-bond acceptors (Lipinski definition) is 7. The molecule has 1 heterocycles. The summed E-state index contributed by atoms with van der Waals surface area (Å²) < 4.78 is 12.2. The first-order chi connectivity index (χ1) is 17.2.